The third-order valence-electron chi connectivity index (χ3n) is 4.41. The molecule has 1 saturated carbocycles. The predicted molar refractivity (Wildman–Crippen MR) is 70.0 cm³/mol. The number of fused-ring (bicyclic) bond motifs is 1. The second-order valence-electron chi connectivity index (χ2n) is 5.61. The lowest BCUT2D eigenvalue weighted by atomic mass is 9.96. The van der Waals surface area contributed by atoms with Gasteiger partial charge < -0.3 is 5.73 Å². The molecule has 1 heterocycles. The molecule has 0 aliphatic heterocycles. The van der Waals surface area contributed by atoms with Crippen molar-refractivity contribution in [2.45, 2.75) is 70.3 Å². The van der Waals surface area contributed by atoms with Crippen molar-refractivity contribution in [1.29, 1.82) is 0 Å². The second-order valence-corrected chi connectivity index (χ2v) is 5.61. The summed E-state index contributed by atoms with van der Waals surface area (Å²) in [7, 11) is 0. The van der Waals surface area contributed by atoms with E-state index >= 15 is 0 Å². The van der Waals surface area contributed by atoms with Crippen LogP contribution in [0.2, 0.25) is 0 Å². The van der Waals surface area contributed by atoms with Gasteiger partial charge in [-0.25, -0.2) is 0 Å². The number of rotatable bonds is 1. The summed E-state index contributed by atoms with van der Waals surface area (Å²) in [5.41, 5.74) is 8.90. The SMILES string of the molecule is Nc1nn(C2CCCCCC2)c2c1CCCC2. The van der Waals surface area contributed by atoms with E-state index in [1.165, 1.54) is 69.0 Å². The molecule has 17 heavy (non-hydrogen) atoms. The first kappa shape index (κ1) is 11.1. The Morgan fingerprint density at radius 2 is 1.65 bits per heavy atom. The fourth-order valence-corrected chi connectivity index (χ4v) is 3.46. The van der Waals surface area contributed by atoms with Gasteiger partial charge in [-0.3, -0.25) is 4.68 Å². The van der Waals surface area contributed by atoms with Gasteiger partial charge >= 0.3 is 0 Å². The highest BCUT2D eigenvalue weighted by atomic mass is 15.3. The Morgan fingerprint density at radius 1 is 0.941 bits per heavy atom. The van der Waals surface area contributed by atoms with Crippen LogP contribution in [0, 0.1) is 0 Å². The first-order chi connectivity index (χ1) is 8.36. The van der Waals surface area contributed by atoms with E-state index in [2.05, 4.69) is 9.78 Å². The molecule has 0 spiro atoms. The molecule has 1 fully saturated rings. The Balaban J connectivity index is 1.91. The Kier molecular flexibility index (Phi) is 3.08. The second kappa shape index (κ2) is 4.71. The van der Waals surface area contributed by atoms with E-state index in [9.17, 15) is 0 Å². The van der Waals surface area contributed by atoms with Crippen LogP contribution in [0.3, 0.4) is 0 Å². The average Bonchev–Trinajstić information content (AvgIpc) is 2.57. The number of aromatic nitrogens is 2. The molecule has 1 aromatic heterocycles. The van der Waals surface area contributed by atoms with Crippen LogP contribution in [0.1, 0.15) is 68.7 Å². The minimum atomic E-state index is 0.627. The fraction of sp³-hybridized carbons (Fsp3) is 0.786. The summed E-state index contributed by atoms with van der Waals surface area (Å²) >= 11 is 0. The molecule has 0 atom stereocenters. The van der Waals surface area contributed by atoms with Gasteiger partial charge in [0.15, 0.2) is 0 Å². The van der Waals surface area contributed by atoms with E-state index in [4.69, 9.17) is 5.73 Å². The van der Waals surface area contributed by atoms with Gasteiger partial charge in [0.2, 0.25) is 0 Å². The Morgan fingerprint density at radius 3 is 2.41 bits per heavy atom. The molecule has 2 aliphatic carbocycles. The summed E-state index contributed by atoms with van der Waals surface area (Å²) in [6.07, 6.45) is 13.0. The first-order valence-corrected chi connectivity index (χ1v) is 7.22. The number of hydrogen-bond acceptors (Lipinski definition) is 2. The summed E-state index contributed by atoms with van der Waals surface area (Å²) in [6, 6.07) is 0.627. The lowest BCUT2D eigenvalue weighted by Gasteiger charge is -2.20. The molecule has 2 aliphatic rings. The highest BCUT2D eigenvalue weighted by molar-refractivity contribution is 5.44. The molecule has 3 nitrogen and oxygen atoms in total. The number of nitrogens with zero attached hydrogens (tertiary/aromatic N) is 2. The minimum Gasteiger partial charge on any atom is -0.382 e. The van der Waals surface area contributed by atoms with E-state index in [1.54, 1.807) is 0 Å². The highest BCUT2D eigenvalue weighted by Crippen LogP contribution is 2.33. The van der Waals surface area contributed by atoms with E-state index in [1.807, 2.05) is 0 Å². The third-order valence-corrected chi connectivity index (χ3v) is 4.41. The molecule has 0 saturated heterocycles. The molecule has 0 radical (unpaired) electrons. The van der Waals surface area contributed by atoms with Crippen molar-refractivity contribution in [2.24, 2.45) is 0 Å². The van der Waals surface area contributed by atoms with Crippen LogP contribution in [0.15, 0.2) is 0 Å². The Labute approximate surface area is 103 Å². The van der Waals surface area contributed by atoms with Crippen LogP contribution in [0.4, 0.5) is 5.82 Å². The fourth-order valence-electron chi connectivity index (χ4n) is 3.46. The molecule has 3 heteroatoms. The maximum atomic E-state index is 6.08. The van der Waals surface area contributed by atoms with Crippen molar-refractivity contribution in [3.05, 3.63) is 11.3 Å². The summed E-state index contributed by atoms with van der Waals surface area (Å²) in [4.78, 5) is 0. The topological polar surface area (TPSA) is 43.8 Å². The van der Waals surface area contributed by atoms with E-state index in [-0.39, 0.29) is 0 Å². The Hall–Kier alpha value is -0.990. The van der Waals surface area contributed by atoms with Crippen LogP contribution in [-0.4, -0.2) is 9.78 Å². The number of nitrogen functional groups attached to an aromatic ring is 1. The number of anilines is 1. The van der Waals surface area contributed by atoms with Gasteiger partial charge in [0.1, 0.15) is 5.82 Å². The van der Waals surface area contributed by atoms with Crippen molar-refractivity contribution in [2.75, 3.05) is 5.73 Å². The summed E-state index contributed by atoms with van der Waals surface area (Å²) in [5.74, 6) is 0.809. The molecule has 0 amide bonds. The van der Waals surface area contributed by atoms with Gasteiger partial charge in [-0.1, -0.05) is 25.7 Å². The Bertz CT molecular complexity index is 386. The molecular weight excluding hydrogens is 210 g/mol. The molecular formula is C14H23N3. The zero-order chi connectivity index (χ0) is 11.7. The van der Waals surface area contributed by atoms with Crippen molar-refractivity contribution in [3.63, 3.8) is 0 Å². The van der Waals surface area contributed by atoms with Gasteiger partial charge in [-0.15, -0.1) is 0 Å². The largest absolute Gasteiger partial charge is 0.382 e. The lowest BCUT2D eigenvalue weighted by Crippen LogP contribution is -2.15. The summed E-state index contributed by atoms with van der Waals surface area (Å²) < 4.78 is 2.30. The summed E-state index contributed by atoms with van der Waals surface area (Å²) in [5, 5.41) is 4.65. The van der Waals surface area contributed by atoms with Crippen LogP contribution in [0.25, 0.3) is 0 Å². The molecule has 0 aromatic carbocycles. The van der Waals surface area contributed by atoms with Crippen molar-refractivity contribution >= 4 is 5.82 Å². The molecule has 0 bridgehead atoms. The molecule has 2 N–H and O–H groups in total. The van der Waals surface area contributed by atoms with Gasteiger partial charge in [0, 0.05) is 11.3 Å². The highest BCUT2D eigenvalue weighted by Gasteiger charge is 2.24. The molecule has 1 aromatic rings. The standard InChI is InChI=1S/C14H23N3/c15-14-12-9-5-6-10-13(12)17(16-14)11-7-3-1-2-4-8-11/h11H,1-10H2,(H2,15,16). The smallest absolute Gasteiger partial charge is 0.148 e. The quantitative estimate of drug-likeness (QED) is 0.757. The third kappa shape index (κ3) is 2.07. The molecule has 3 rings (SSSR count). The minimum absolute atomic E-state index is 0.627. The van der Waals surface area contributed by atoms with E-state index in [0.717, 1.165) is 12.2 Å². The van der Waals surface area contributed by atoms with Gasteiger partial charge in [0.25, 0.3) is 0 Å². The zero-order valence-electron chi connectivity index (χ0n) is 10.6. The average molecular weight is 233 g/mol. The van der Waals surface area contributed by atoms with E-state index in [0.29, 0.717) is 6.04 Å². The maximum Gasteiger partial charge on any atom is 0.148 e. The van der Waals surface area contributed by atoms with Crippen molar-refractivity contribution < 1.29 is 0 Å². The van der Waals surface area contributed by atoms with Crippen LogP contribution >= 0.6 is 0 Å². The van der Waals surface area contributed by atoms with Crippen molar-refractivity contribution in [3.8, 4) is 0 Å². The maximum absolute atomic E-state index is 6.08. The van der Waals surface area contributed by atoms with Crippen LogP contribution in [0.5, 0.6) is 0 Å². The first-order valence-electron chi connectivity index (χ1n) is 7.22. The predicted octanol–water partition coefficient (Wildman–Crippen LogP) is 3.24. The van der Waals surface area contributed by atoms with Gasteiger partial charge in [0.05, 0.1) is 6.04 Å². The normalized spacial score (nSPS) is 22.1. The van der Waals surface area contributed by atoms with Crippen molar-refractivity contribution in [1.82, 2.24) is 9.78 Å². The van der Waals surface area contributed by atoms with Gasteiger partial charge in [-0.05, 0) is 38.5 Å². The van der Waals surface area contributed by atoms with Crippen LogP contribution in [-0.2, 0) is 12.8 Å². The van der Waals surface area contributed by atoms with Gasteiger partial charge in [-0.2, -0.15) is 5.10 Å². The summed E-state index contributed by atoms with van der Waals surface area (Å²) in [6.45, 7) is 0. The zero-order valence-corrected chi connectivity index (χ0v) is 10.6. The number of hydrogen-bond donors (Lipinski definition) is 1. The van der Waals surface area contributed by atoms with E-state index < -0.39 is 0 Å². The number of nitrogens with two attached hydrogens (primary N) is 1. The van der Waals surface area contributed by atoms with Crippen LogP contribution < -0.4 is 5.73 Å². The lowest BCUT2D eigenvalue weighted by molar-refractivity contribution is 0.389. The molecule has 0 unspecified atom stereocenters. The monoisotopic (exact) mass is 233 g/mol. The molecule has 94 valence electrons.